The predicted octanol–water partition coefficient (Wildman–Crippen LogP) is 1.81. The molecule has 0 bridgehead atoms. The van der Waals surface area contributed by atoms with Gasteiger partial charge in [0.25, 0.3) is 5.91 Å². The standard InChI is InChI=1S/C14H19NO4/c1-10-2-3-12(19-10)13(16)15-6-4-11(5-7-15)14-17-8-9-18-14/h2-3,11,14H,4-9H2,1H3. The number of furan rings is 1. The highest BCUT2D eigenvalue weighted by atomic mass is 16.7. The smallest absolute Gasteiger partial charge is 0.289 e. The van der Waals surface area contributed by atoms with Crippen LogP contribution in [-0.4, -0.2) is 43.4 Å². The minimum absolute atomic E-state index is 0.0141. The molecule has 0 aromatic carbocycles. The lowest BCUT2D eigenvalue weighted by molar-refractivity contribution is -0.0956. The van der Waals surface area contributed by atoms with Crippen LogP contribution in [0.25, 0.3) is 0 Å². The summed E-state index contributed by atoms with van der Waals surface area (Å²) >= 11 is 0. The molecule has 2 fully saturated rings. The number of ether oxygens (including phenoxy) is 2. The Balaban J connectivity index is 1.56. The Bertz CT molecular complexity index is 442. The van der Waals surface area contributed by atoms with Crippen molar-refractivity contribution in [2.45, 2.75) is 26.1 Å². The minimum atomic E-state index is -0.0666. The molecule has 104 valence electrons. The van der Waals surface area contributed by atoms with Gasteiger partial charge in [0.15, 0.2) is 12.1 Å². The molecule has 0 radical (unpaired) electrons. The van der Waals surface area contributed by atoms with E-state index in [-0.39, 0.29) is 12.2 Å². The fraction of sp³-hybridized carbons (Fsp3) is 0.643. The molecule has 2 saturated heterocycles. The molecule has 0 N–H and O–H groups in total. The molecule has 19 heavy (non-hydrogen) atoms. The molecule has 0 unspecified atom stereocenters. The first kappa shape index (κ1) is 12.7. The molecule has 0 atom stereocenters. The zero-order chi connectivity index (χ0) is 13.2. The van der Waals surface area contributed by atoms with Crippen LogP contribution in [0.5, 0.6) is 0 Å². The van der Waals surface area contributed by atoms with Crippen LogP contribution in [0.2, 0.25) is 0 Å². The summed E-state index contributed by atoms with van der Waals surface area (Å²) in [6, 6.07) is 3.56. The highest BCUT2D eigenvalue weighted by Gasteiger charge is 2.32. The van der Waals surface area contributed by atoms with Crippen LogP contribution >= 0.6 is 0 Å². The Morgan fingerprint density at radius 2 is 1.89 bits per heavy atom. The van der Waals surface area contributed by atoms with Gasteiger partial charge in [-0.1, -0.05) is 0 Å². The topological polar surface area (TPSA) is 51.9 Å². The van der Waals surface area contributed by atoms with Gasteiger partial charge in [0, 0.05) is 19.0 Å². The number of carbonyl (C=O) groups excluding carboxylic acids is 1. The Morgan fingerprint density at radius 3 is 2.47 bits per heavy atom. The number of hydrogen-bond donors (Lipinski definition) is 0. The van der Waals surface area contributed by atoms with E-state index in [1.165, 1.54) is 0 Å². The van der Waals surface area contributed by atoms with Crippen LogP contribution in [0.1, 0.15) is 29.2 Å². The molecule has 0 saturated carbocycles. The quantitative estimate of drug-likeness (QED) is 0.818. The molecule has 2 aliphatic heterocycles. The van der Waals surface area contributed by atoms with Crippen LogP contribution in [0, 0.1) is 12.8 Å². The van der Waals surface area contributed by atoms with Crippen molar-refractivity contribution < 1.29 is 18.7 Å². The van der Waals surface area contributed by atoms with Gasteiger partial charge < -0.3 is 18.8 Å². The van der Waals surface area contributed by atoms with Crippen molar-refractivity contribution in [3.8, 4) is 0 Å². The first-order valence-electron chi connectivity index (χ1n) is 6.83. The summed E-state index contributed by atoms with van der Waals surface area (Å²) in [6.07, 6.45) is 1.79. The van der Waals surface area contributed by atoms with Crippen molar-refractivity contribution in [2.24, 2.45) is 5.92 Å². The Labute approximate surface area is 112 Å². The Hall–Kier alpha value is -1.33. The number of nitrogens with zero attached hydrogens (tertiary/aromatic N) is 1. The molecule has 0 aliphatic carbocycles. The third-order valence-electron chi connectivity index (χ3n) is 3.81. The Morgan fingerprint density at radius 1 is 1.21 bits per heavy atom. The molecule has 5 heteroatoms. The van der Waals surface area contributed by atoms with Gasteiger partial charge in [-0.3, -0.25) is 4.79 Å². The van der Waals surface area contributed by atoms with E-state index >= 15 is 0 Å². The first-order chi connectivity index (χ1) is 9.24. The van der Waals surface area contributed by atoms with Crippen molar-refractivity contribution in [3.05, 3.63) is 23.7 Å². The summed E-state index contributed by atoms with van der Waals surface area (Å²) in [5.74, 6) is 1.60. The van der Waals surface area contributed by atoms with Crippen LogP contribution in [0.15, 0.2) is 16.5 Å². The fourth-order valence-corrected chi connectivity index (χ4v) is 2.73. The summed E-state index contributed by atoms with van der Waals surface area (Å²) < 4.78 is 16.4. The number of hydrogen-bond acceptors (Lipinski definition) is 4. The van der Waals surface area contributed by atoms with Gasteiger partial charge in [-0.25, -0.2) is 0 Å². The number of amides is 1. The van der Waals surface area contributed by atoms with Gasteiger partial charge >= 0.3 is 0 Å². The van der Waals surface area contributed by atoms with Crippen molar-refractivity contribution in [2.75, 3.05) is 26.3 Å². The van der Waals surface area contributed by atoms with Gasteiger partial charge in [-0.2, -0.15) is 0 Å². The monoisotopic (exact) mass is 265 g/mol. The van der Waals surface area contributed by atoms with Crippen LogP contribution < -0.4 is 0 Å². The fourth-order valence-electron chi connectivity index (χ4n) is 2.73. The van der Waals surface area contributed by atoms with E-state index in [4.69, 9.17) is 13.9 Å². The summed E-state index contributed by atoms with van der Waals surface area (Å²) in [6.45, 7) is 4.71. The zero-order valence-electron chi connectivity index (χ0n) is 11.1. The number of aryl methyl sites for hydroxylation is 1. The highest BCUT2D eigenvalue weighted by molar-refractivity contribution is 5.91. The summed E-state index contributed by atoms with van der Waals surface area (Å²) in [7, 11) is 0. The van der Waals surface area contributed by atoms with E-state index in [1.54, 1.807) is 6.07 Å². The van der Waals surface area contributed by atoms with Crippen molar-refractivity contribution >= 4 is 5.91 Å². The minimum Gasteiger partial charge on any atom is -0.456 e. The summed E-state index contributed by atoms with van der Waals surface area (Å²) in [5, 5.41) is 0. The second kappa shape index (κ2) is 5.35. The zero-order valence-corrected chi connectivity index (χ0v) is 11.1. The van der Waals surface area contributed by atoms with Crippen LogP contribution in [0.3, 0.4) is 0 Å². The lowest BCUT2D eigenvalue weighted by atomic mass is 9.96. The maximum absolute atomic E-state index is 12.2. The number of carbonyl (C=O) groups is 1. The van der Waals surface area contributed by atoms with Crippen molar-refractivity contribution in [1.29, 1.82) is 0 Å². The molecule has 0 spiro atoms. The average molecular weight is 265 g/mol. The highest BCUT2D eigenvalue weighted by Crippen LogP contribution is 2.26. The van der Waals surface area contributed by atoms with Crippen molar-refractivity contribution in [1.82, 2.24) is 4.90 Å². The second-order valence-corrected chi connectivity index (χ2v) is 5.15. The largest absolute Gasteiger partial charge is 0.456 e. The average Bonchev–Trinajstić information content (AvgIpc) is 3.09. The second-order valence-electron chi connectivity index (χ2n) is 5.15. The van der Waals surface area contributed by atoms with E-state index in [2.05, 4.69) is 0 Å². The molecule has 2 aliphatic rings. The van der Waals surface area contributed by atoms with Crippen LogP contribution in [-0.2, 0) is 9.47 Å². The van der Waals surface area contributed by atoms with Gasteiger partial charge in [0.05, 0.1) is 13.2 Å². The normalized spacial score (nSPS) is 22.1. The molecular formula is C14H19NO4. The van der Waals surface area contributed by atoms with Gasteiger partial charge in [-0.15, -0.1) is 0 Å². The predicted molar refractivity (Wildman–Crippen MR) is 67.8 cm³/mol. The maximum Gasteiger partial charge on any atom is 0.289 e. The molecule has 1 aromatic heterocycles. The first-order valence-corrected chi connectivity index (χ1v) is 6.83. The molecule has 3 rings (SSSR count). The summed E-state index contributed by atoms with van der Waals surface area (Å²) in [4.78, 5) is 14.1. The molecular weight excluding hydrogens is 246 g/mol. The number of rotatable bonds is 2. The Kier molecular flexibility index (Phi) is 3.57. The van der Waals surface area contributed by atoms with E-state index in [1.807, 2.05) is 17.9 Å². The maximum atomic E-state index is 12.2. The third kappa shape index (κ3) is 2.67. The third-order valence-corrected chi connectivity index (χ3v) is 3.81. The van der Waals surface area contributed by atoms with E-state index in [0.717, 1.165) is 31.7 Å². The number of likely N-dealkylation sites (tertiary alicyclic amines) is 1. The van der Waals surface area contributed by atoms with E-state index in [0.29, 0.717) is 24.9 Å². The number of piperidine rings is 1. The molecule has 3 heterocycles. The van der Waals surface area contributed by atoms with Crippen molar-refractivity contribution in [3.63, 3.8) is 0 Å². The van der Waals surface area contributed by atoms with Crippen LogP contribution in [0.4, 0.5) is 0 Å². The van der Waals surface area contributed by atoms with E-state index in [9.17, 15) is 4.79 Å². The molecule has 1 amide bonds. The molecule has 5 nitrogen and oxygen atoms in total. The van der Waals surface area contributed by atoms with E-state index < -0.39 is 0 Å². The lowest BCUT2D eigenvalue weighted by Crippen LogP contribution is -2.41. The SMILES string of the molecule is Cc1ccc(C(=O)N2CCC(C3OCCO3)CC2)o1. The lowest BCUT2D eigenvalue weighted by Gasteiger charge is -2.33. The van der Waals surface area contributed by atoms with Gasteiger partial charge in [0.1, 0.15) is 5.76 Å². The van der Waals surface area contributed by atoms with Gasteiger partial charge in [0.2, 0.25) is 0 Å². The summed E-state index contributed by atoms with van der Waals surface area (Å²) in [5.41, 5.74) is 0. The molecule has 1 aromatic rings. The van der Waals surface area contributed by atoms with Gasteiger partial charge in [-0.05, 0) is 31.9 Å².